The Labute approximate surface area is 121 Å². The first-order valence-corrected chi connectivity index (χ1v) is 8.78. The highest BCUT2D eigenvalue weighted by Crippen LogP contribution is 2.39. The number of nitrogens with two attached hydrogens (primary N) is 1. The lowest BCUT2D eigenvalue weighted by Crippen LogP contribution is -2.13. The average molecular weight is 280 g/mol. The molecule has 0 unspecified atom stereocenters. The molecule has 0 aliphatic heterocycles. The Morgan fingerprint density at radius 1 is 1.16 bits per heavy atom. The van der Waals surface area contributed by atoms with Crippen molar-refractivity contribution in [1.29, 1.82) is 0 Å². The van der Waals surface area contributed by atoms with Crippen molar-refractivity contribution in [3.63, 3.8) is 0 Å². The third-order valence-corrected chi connectivity index (χ3v) is 5.64. The second kappa shape index (κ2) is 7.39. The van der Waals surface area contributed by atoms with Crippen LogP contribution in [0, 0.1) is 5.92 Å². The second-order valence-electron chi connectivity index (χ2n) is 5.88. The fraction of sp³-hybridized carbons (Fsp3) is 0.812. The predicted octanol–water partition coefficient (Wildman–Crippen LogP) is 4.63. The van der Waals surface area contributed by atoms with Crippen LogP contribution >= 0.6 is 11.3 Å². The summed E-state index contributed by atoms with van der Waals surface area (Å²) >= 11 is 1.88. The Hall–Kier alpha value is -0.410. The molecular formula is C16H28N2S. The van der Waals surface area contributed by atoms with E-state index in [4.69, 9.17) is 10.7 Å². The van der Waals surface area contributed by atoms with E-state index in [-0.39, 0.29) is 0 Å². The van der Waals surface area contributed by atoms with Gasteiger partial charge in [-0.3, -0.25) is 0 Å². The molecule has 1 fully saturated rings. The first-order chi connectivity index (χ1) is 9.28. The lowest BCUT2D eigenvalue weighted by atomic mass is 9.80. The average Bonchev–Trinajstić information content (AvgIpc) is 2.84. The zero-order valence-corrected chi connectivity index (χ0v) is 13.3. The van der Waals surface area contributed by atoms with Crippen LogP contribution < -0.4 is 5.73 Å². The van der Waals surface area contributed by atoms with E-state index in [1.807, 2.05) is 11.3 Å². The topological polar surface area (TPSA) is 38.9 Å². The fourth-order valence-electron chi connectivity index (χ4n) is 3.28. The molecule has 0 atom stereocenters. The molecule has 1 saturated carbocycles. The highest BCUT2D eigenvalue weighted by Gasteiger charge is 2.25. The summed E-state index contributed by atoms with van der Waals surface area (Å²) in [4.78, 5) is 6.23. The van der Waals surface area contributed by atoms with Crippen LogP contribution in [0.5, 0.6) is 0 Å². The van der Waals surface area contributed by atoms with Gasteiger partial charge in [0.25, 0.3) is 0 Å². The van der Waals surface area contributed by atoms with Crippen LogP contribution in [-0.2, 0) is 13.0 Å². The molecule has 0 bridgehead atoms. The van der Waals surface area contributed by atoms with Crippen molar-refractivity contribution in [3.05, 3.63) is 15.6 Å². The van der Waals surface area contributed by atoms with Gasteiger partial charge in [0.15, 0.2) is 0 Å². The van der Waals surface area contributed by atoms with Crippen molar-refractivity contribution in [1.82, 2.24) is 4.98 Å². The number of thiazole rings is 1. The van der Waals surface area contributed by atoms with E-state index >= 15 is 0 Å². The molecule has 2 nitrogen and oxygen atoms in total. The summed E-state index contributed by atoms with van der Waals surface area (Å²) in [5.74, 6) is 1.69. The molecule has 1 heterocycles. The summed E-state index contributed by atoms with van der Waals surface area (Å²) in [5.41, 5.74) is 7.13. The van der Waals surface area contributed by atoms with Gasteiger partial charge in [0.1, 0.15) is 0 Å². The van der Waals surface area contributed by atoms with Crippen molar-refractivity contribution >= 4 is 11.3 Å². The van der Waals surface area contributed by atoms with E-state index in [2.05, 4.69) is 13.8 Å². The second-order valence-corrected chi connectivity index (χ2v) is 7.00. The van der Waals surface area contributed by atoms with Crippen molar-refractivity contribution in [2.45, 2.75) is 77.7 Å². The van der Waals surface area contributed by atoms with Crippen LogP contribution in [-0.4, -0.2) is 4.98 Å². The summed E-state index contributed by atoms with van der Waals surface area (Å²) in [5, 5.41) is 1.37. The van der Waals surface area contributed by atoms with E-state index in [1.54, 1.807) is 0 Å². The van der Waals surface area contributed by atoms with Crippen LogP contribution in [0.15, 0.2) is 0 Å². The minimum absolute atomic E-state index is 0.665. The number of nitrogens with zero attached hydrogens (tertiary/aromatic N) is 1. The SMILES string of the molecule is CCCc1nc(C2CCC(CCC)CC2)sc1CN. The molecule has 1 aromatic rings. The molecule has 3 heteroatoms. The number of aryl methyl sites for hydroxylation is 1. The first kappa shape index (κ1) is 15.0. The van der Waals surface area contributed by atoms with E-state index in [0.717, 1.165) is 12.3 Å². The molecule has 1 aromatic heterocycles. The van der Waals surface area contributed by atoms with Gasteiger partial charge in [-0.25, -0.2) is 4.98 Å². The minimum Gasteiger partial charge on any atom is -0.326 e. The van der Waals surface area contributed by atoms with Gasteiger partial charge in [0.05, 0.1) is 10.7 Å². The third kappa shape index (κ3) is 3.79. The van der Waals surface area contributed by atoms with Gasteiger partial charge in [0.2, 0.25) is 0 Å². The van der Waals surface area contributed by atoms with Crippen molar-refractivity contribution in [2.24, 2.45) is 11.7 Å². The summed E-state index contributed by atoms with van der Waals surface area (Å²) in [6.07, 6.45) is 10.5. The van der Waals surface area contributed by atoms with Crippen LogP contribution in [0.2, 0.25) is 0 Å². The summed E-state index contributed by atoms with van der Waals surface area (Å²) in [6.45, 7) is 5.19. The van der Waals surface area contributed by atoms with Gasteiger partial charge < -0.3 is 5.73 Å². The maximum atomic E-state index is 5.86. The Morgan fingerprint density at radius 3 is 2.47 bits per heavy atom. The molecule has 0 spiro atoms. The van der Waals surface area contributed by atoms with Gasteiger partial charge in [-0.05, 0) is 38.0 Å². The molecule has 0 radical (unpaired) electrons. The number of hydrogen-bond donors (Lipinski definition) is 1. The number of hydrogen-bond acceptors (Lipinski definition) is 3. The summed E-state index contributed by atoms with van der Waals surface area (Å²) < 4.78 is 0. The standard InChI is InChI=1S/C16H28N2S/c1-3-5-12-7-9-13(10-8-12)16-18-14(6-4-2)15(11-17)19-16/h12-13H,3-11,17H2,1-2H3. The van der Waals surface area contributed by atoms with Crippen LogP contribution in [0.4, 0.5) is 0 Å². The zero-order chi connectivity index (χ0) is 13.7. The number of aromatic nitrogens is 1. The highest BCUT2D eigenvalue weighted by molar-refractivity contribution is 7.11. The van der Waals surface area contributed by atoms with Crippen LogP contribution in [0.1, 0.15) is 80.3 Å². The predicted molar refractivity (Wildman–Crippen MR) is 83.6 cm³/mol. The first-order valence-electron chi connectivity index (χ1n) is 7.96. The smallest absolute Gasteiger partial charge is 0.0962 e. The Kier molecular flexibility index (Phi) is 5.83. The molecular weight excluding hydrogens is 252 g/mol. The van der Waals surface area contributed by atoms with E-state index < -0.39 is 0 Å². The van der Waals surface area contributed by atoms with Crippen molar-refractivity contribution in [3.8, 4) is 0 Å². The zero-order valence-electron chi connectivity index (χ0n) is 12.5. The van der Waals surface area contributed by atoms with Crippen molar-refractivity contribution in [2.75, 3.05) is 0 Å². The van der Waals surface area contributed by atoms with Gasteiger partial charge >= 0.3 is 0 Å². The van der Waals surface area contributed by atoms with Crippen LogP contribution in [0.25, 0.3) is 0 Å². The molecule has 1 aliphatic rings. The third-order valence-electron chi connectivity index (χ3n) is 4.36. The quantitative estimate of drug-likeness (QED) is 0.825. The molecule has 0 saturated heterocycles. The normalized spacial score (nSPS) is 23.7. The van der Waals surface area contributed by atoms with Gasteiger partial charge in [0, 0.05) is 17.3 Å². The molecule has 0 amide bonds. The fourth-order valence-corrected chi connectivity index (χ4v) is 4.44. The molecule has 108 valence electrons. The highest BCUT2D eigenvalue weighted by atomic mass is 32.1. The lowest BCUT2D eigenvalue weighted by Gasteiger charge is -2.27. The Bertz CT molecular complexity index is 378. The van der Waals surface area contributed by atoms with E-state index in [1.165, 1.54) is 60.5 Å². The number of rotatable bonds is 6. The Balaban J connectivity index is 1.99. The molecule has 2 N–H and O–H groups in total. The summed E-state index contributed by atoms with van der Waals surface area (Å²) in [7, 11) is 0. The molecule has 2 rings (SSSR count). The lowest BCUT2D eigenvalue weighted by molar-refractivity contribution is 0.308. The van der Waals surface area contributed by atoms with Gasteiger partial charge in [-0.1, -0.05) is 33.1 Å². The molecule has 1 aliphatic carbocycles. The van der Waals surface area contributed by atoms with E-state index in [9.17, 15) is 0 Å². The maximum Gasteiger partial charge on any atom is 0.0962 e. The van der Waals surface area contributed by atoms with Crippen LogP contribution in [0.3, 0.4) is 0 Å². The van der Waals surface area contributed by atoms with Gasteiger partial charge in [-0.15, -0.1) is 11.3 Å². The van der Waals surface area contributed by atoms with E-state index in [0.29, 0.717) is 12.5 Å². The molecule has 0 aromatic carbocycles. The molecule has 19 heavy (non-hydrogen) atoms. The monoisotopic (exact) mass is 280 g/mol. The van der Waals surface area contributed by atoms with Crippen molar-refractivity contribution < 1.29 is 0 Å². The largest absolute Gasteiger partial charge is 0.326 e. The Morgan fingerprint density at radius 2 is 1.89 bits per heavy atom. The van der Waals surface area contributed by atoms with Gasteiger partial charge in [-0.2, -0.15) is 0 Å². The summed E-state index contributed by atoms with van der Waals surface area (Å²) in [6, 6.07) is 0. The minimum atomic E-state index is 0.665. The maximum absolute atomic E-state index is 5.86.